The SMILES string of the molecule is CN=C(NCc1coc(-c2ccccc2)n1)NCC(C)Oc1cccc(F)c1. The van der Waals surface area contributed by atoms with E-state index in [1.165, 1.54) is 12.1 Å². The van der Waals surface area contributed by atoms with Gasteiger partial charge in [0.05, 0.1) is 18.8 Å². The maximum Gasteiger partial charge on any atom is 0.226 e. The van der Waals surface area contributed by atoms with E-state index in [1.807, 2.05) is 37.3 Å². The van der Waals surface area contributed by atoms with Crippen LogP contribution in [0.25, 0.3) is 11.5 Å². The third kappa shape index (κ3) is 5.57. The fourth-order valence-electron chi connectivity index (χ4n) is 2.55. The van der Waals surface area contributed by atoms with E-state index in [0.29, 0.717) is 30.7 Å². The largest absolute Gasteiger partial charge is 0.489 e. The number of halogens is 1. The minimum atomic E-state index is -0.322. The van der Waals surface area contributed by atoms with Gasteiger partial charge >= 0.3 is 0 Å². The lowest BCUT2D eigenvalue weighted by atomic mass is 10.2. The smallest absolute Gasteiger partial charge is 0.226 e. The lowest BCUT2D eigenvalue weighted by molar-refractivity contribution is 0.223. The monoisotopic (exact) mass is 382 g/mol. The first-order chi connectivity index (χ1) is 13.6. The van der Waals surface area contributed by atoms with Gasteiger partial charge in [0.1, 0.15) is 23.9 Å². The summed E-state index contributed by atoms with van der Waals surface area (Å²) in [7, 11) is 1.69. The number of hydrogen-bond donors (Lipinski definition) is 2. The molecule has 0 saturated heterocycles. The van der Waals surface area contributed by atoms with Gasteiger partial charge in [0.25, 0.3) is 0 Å². The topological polar surface area (TPSA) is 71.7 Å². The number of nitrogens with zero attached hydrogens (tertiary/aromatic N) is 2. The Balaban J connectivity index is 1.46. The molecular formula is C21H23FN4O2. The van der Waals surface area contributed by atoms with Crippen LogP contribution in [0.2, 0.25) is 0 Å². The maximum absolute atomic E-state index is 13.2. The predicted octanol–water partition coefficient (Wildman–Crippen LogP) is 3.61. The first-order valence-corrected chi connectivity index (χ1v) is 9.00. The van der Waals surface area contributed by atoms with Crippen molar-refractivity contribution in [3.05, 3.63) is 72.4 Å². The summed E-state index contributed by atoms with van der Waals surface area (Å²) < 4.78 is 24.4. The van der Waals surface area contributed by atoms with Gasteiger partial charge in [-0.3, -0.25) is 4.99 Å². The average Bonchev–Trinajstić information content (AvgIpc) is 3.18. The van der Waals surface area contributed by atoms with E-state index in [4.69, 9.17) is 9.15 Å². The van der Waals surface area contributed by atoms with E-state index >= 15 is 0 Å². The molecule has 6 nitrogen and oxygen atoms in total. The van der Waals surface area contributed by atoms with Crippen LogP contribution in [-0.4, -0.2) is 30.6 Å². The fraction of sp³-hybridized carbons (Fsp3) is 0.238. The van der Waals surface area contributed by atoms with Crippen molar-refractivity contribution in [2.75, 3.05) is 13.6 Å². The molecule has 2 aromatic carbocycles. The minimum Gasteiger partial charge on any atom is -0.489 e. The second kappa shape index (κ2) is 9.55. The van der Waals surface area contributed by atoms with Crippen molar-refractivity contribution in [1.29, 1.82) is 0 Å². The summed E-state index contributed by atoms with van der Waals surface area (Å²) in [6.07, 6.45) is 1.45. The molecule has 0 aliphatic rings. The van der Waals surface area contributed by atoms with Gasteiger partial charge in [-0.25, -0.2) is 9.37 Å². The zero-order valence-electron chi connectivity index (χ0n) is 15.9. The lowest BCUT2D eigenvalue weighted by Crippen LogP contribution is -2.41. The Hall–Kier alpha value is -3.35. The quantitative estimate of drug-likeness (QED) is 0.482. The Labute approximate surface area is 163 Å². The average molecular weight is 382 g/mol. The summed E-state index contributed by atoms with van der Waals surface area (Å²) in [5.41, 5.74) is 1.70. The van der Waals surface area contributed by atoms with Crippen molar-refractivity contribution in [3.63, 3.8) is 0 Å². The van der Waals surface area contributed by atoms with Crippen LogP contribution >= 0.6 is 0 Å². The van der Waals surface area contributed by atoms with Crippen LogP contribution < -0.4 is 15.4 Å². The fourth-order valence-corrected chi connectivity index (χ4v) is 2.55. The van der Waals surface area contributed by atoms with Crippen LogP contribution in [-0.2, 0) is 6.54 Å². The molecule has 0 amide bonds. The van der Waals surface area contributed by atoms with E-state index < -0.39 is 0 Å². The van der Waals surface area contributed by atoms with Gasteiger partial charge in [-0.1, -0.05) is 24.3 Å². The molecule has 0 aliphatic carbocycles. The van der Waals surface area contributed by atoms with Crippen LogP contribution in [0.15, 0.2) is 70.3 Å². The van der Waals surface area contributed by atoms with Gasteiger partial charge < -0.3 is 19.8 Å². The van der Waals surface area contributed by atoms with Crippen molar-refractivity contribution >= 4 is 5.96 Å². The summed E-state index contributed by atoms with van der Waals surface area (Å²) >= 11 is 0. The van der Waals surface area contributed by atoms with Crippen molar-refractivity contribution in [2.45, 2.75) is 19.6 Å². The van der Waals surface area contributed by atoms with Crippen LogP contribution in [0.5, 0.6) is 5.75 Å². The molecule has 1 aromatic heterocycles. The zero-order chi connectivity index (χ0) is 19.8. The predicted molar refractivity (Wildman–Crippen MR) is 107 cm³/mol. The number of benzene rings is 2. The standard InChI is InChI=1S/C21H23FN4O2/c1-15(28-19-10-6-9-17(22)11-19)12-24-21(23-2)25-13-18-14-27-20(26-18)16-7-4-3-5-8-16/h3-11,14-15H,12-13H2,1-2H3,(H2,23,24,25). The molecule has 3 rings (SSSR count). The van der Waals surface area contributed by atoms with E-state index in [9.17, 15) is 4.39 Å². The molecule has 1 atom stereocenters. The van der Waals surface area contributed by atoms with Gasteiger partial charge in [-0.05, 0) is 31.2 Å². The van der Waals surface area contributed by atoms with Gasteiger partial charge in [0.15, 0.2) is 5.96 Å². The number of aromatic nitrogens is 1. The molecule has 1 unspecified atom stereocenters. The van der Waals surface area contributed by atoms with E-state index in [1.54, 1.807) is 25.4 Å². The van der Waals surface area contributed by atoms with Crippen molar-refractivity contribution in [1.82, 2.24) is 15.6 Å². The Morgan fingerprint density at radius 3 is 2.75 bits per heavy atom. The summed E-state index contributed by atoms with van der Waals surface area (Å²) in [6.45, 7) is 2.87. The van der Waals surface area contributed by atoms with E-state index in [2.05, 4.69) is 20.6 Å². The molecule has 0 aliphatic heterocycles. The molecule has 2 N–H and O–H groups in total. The molecule has 1 heterocycles. The van der Waals surface area contributed by atoms with Crippen molar-refractivity contribution in [2.24, 2.45) is 4.99 Å². The second-order valence-corrected chi connectivity index (χ2v) is 6.20. The Morgan fingerprint density at radius 1 is 1.18 bits per heavy atom. The Morgan fingerprint density at radius 2 is 2.00 bits per heavy atom. The van der Waals surface area contributed by atoms with Gasteiger partial charge in [-0.2, -0.15) is 0 Å². The zero-order valence-corrected chi connectivity index (χ0v) is 15.9. The molecule has 7 heteroatoms. The molecule has 0 radical (unpaired) electrons. The highest BCUT2D eigenvalue weighted by atomic mass is 19.1. The first-order valence-electron chi connectivity index (χ1n) is 9.00. The number of aliphatic imine (C=N–C) groups is 1. The molecule has 28 heavy (non-hydrogen) atoms. The third-order valence-electron chi connectivity index (χ3n) is 3.92. The van der Waals surface area contributed by atoms with Crippen LogP contribution in [0, 0.1) is 5.82 Å². The number of ether oxygens (including phenoxy) is 1. The van der Waals surface area contributed by atoms with Crippen LogP contribution in [0.1, 0.15) is 12.6 Å². The lowest BCUT2D eigenvalue weighted by Gasteiger charge is -2.17. The summed E-state index contributed by atoms with van der Waals surface area (Å²) in [5, 5.41) is 6.35. The normalized spacial score (nSPS) is 12.5. The first kappa shape index (κ1) is 19.4. The van der Waals surface area contributed by atoms with Gasteiger partial charge in [0.2, 0.25) is 5.89 Å². The van der Waals surface area contributed by atoms with Gasteiger partial charge in [-0.15, -0.1) is 0 Å². The molecule has 0 saturated carbocycles. The number of nitrogens with one attached hydrogen (secondary N) is 2. The van der Waals surface area contributed by atoms with Crippen molar-refractivity contribution in [3.8, 4) is 17.2 Å². The molecule has 146 valence electrons. The highest BCUT2D eigenvalue weighted by Gasteiger charge is 2.09. The number of hydrogen-bond acceptors (Lipinski definition) is 4. The molecule has 0 bridgehead atoms. The van der Waals surface area contributed by atoms with Crippen molar-refractivity contribution < 1.29 is 13.5 Å². The summed E-state index contributed by atoms with van der Waals surface area (Å²) in [5.74, 6) is 1.36. The molecule has 0 fully saturated rings. The maximum atomic E-state index is 13.2. The molecular weight excluding hydrogens is 359 g/mol. The Bertz CT molecular complexity index is 912. The summed E-state index contributed by atoms with van der Waals surface area (Å²) in [6, 6.07) is 15.8. The van der Waals surface area contributed by atoms with Crippen LogP contribution in [0.3, 0.4) is 0 Å². The number of oxazole rings is 1. The Kier molecular flexibility index (Phi) is 6.62. The number of guanidine groups is 1. The number of rotatable bonds is 7. The minimum absolute atomic E-state index is 0.169. The summed E-state index contributed by atoms with van der Waals surface area (Å²) in [4.78, 5) is 8.66. The highest BCUT2D eigenvalue weighted by Crippen LogP contribution is 2.17. The highest BCUT2D eigenvalue weighted by molar-refractivity contribution is 5.79. The second-order valence-electron chi connectivity index (χ2n) is 6.20. The molecule has 3 aromatic rings. The van der Waals surface area contributed by atoms with Crippen LogP contribution in [0.4, 0.5) is 4.39 Å². The van der Waals surface area contributed by atoms with E-state index in [-0.39, 0.29) is 11.9 Å². The molecule has 0 spiro atoms. The van der Waals surface area contributed by atoms with E-state index in [0.717, 1.165) is 11.3 Å². The third-order valence-corrected chi connectivity index (χ3v) is 3.92. The van der Waals surface area contributed by atoms with Gasteiger partial charge in [0, 0.05) is 18.7 Å².